The van der Waals surface area contributed by atoms with Gasteiger partial charge in [0.1, 0.15) is 48.3 Å². The number of rotatable bonds is 10. The van der Waals surface area contributed by atoms with Crippen molar-refractivity contribution in [1.82, 2.24) is 19.1 Å². The standard InChI is InChI=1S/C18H26N6O15P2/c19-9-1-3-23(17(28)21-9)15-12(27)13(7(5-25)36-15)39-41(33,34)35-6-8-11(26)14(38-40(30,31)32)16(37-8)24-4-2-10(20)22-18(24)29/h1-4,7-8,11-16,25-27H,5-6H2,(H,33,34)(H2,19,21,28)(H2,20,22,29)(H2,30,31,32)/t7-,8-,11-,12-,13-,14-,15-,16-/m1/s1. The van der Waals surface area contributed by atoms with Crippen LogP contribution in [0.15, 0.2) is 34.1 Å². The van der Waals surface area contributed by atoms with E-state index < -0.39 is 89.3 Å². The van der Waals surface area contributed by atoms with Gasteiger partial charge in [0.2, 0.25) is 0 Å². The monoisotopic (exact) mass is 628 g/mol. The summed E-state index contributed by atoms with van der Waals surface area (Å²) in [4.78, 5) is 60.2. The van der Waals surface area contributed by atoms with Gasteiger partial charge in [-0.25, -0.2) is 18.7 Å². The van der Waals surface area contributed by atoms with Crippen LogP contribution in [0.1, 0.15) is 12.5 Å². The van der Waals surface area contributed by atoms with E-state index in [2.05, 4.69) is 14.5 Å². The van der Waals surface area contributed by atoms with E-state index in [4.69, 9.17) is 30.0 Å². The summed E-state index contributed by atoms with van der Waals surface area (Å²) in [7, 11) is -10.4. The van der Waals surface area contributed by atoms with Gasteiger partial charge < -0.3 is 50.9 Å². The van der Waals surface area contributed by atoms with Crippen LogP contribution in [0.2, 0.25) is 0 Å². The van der Waals surface area contributed by atoms with Crippen molar-refractivity contribution in [2.24, 2.45) is 0 Å². The number of anilines is 2. The Morgan fingerprint density at radius 2 is 1.39 bits per heavy atom. The zero-order valence-corrected chi connectivity index (χ0v) is 22.3. The lowest BCUT2D eigenvalue weighted by Crippen LogP contribution is -2.38. The van der Waals surface area contributed by atoms with Crippen LogP contribution in [0, 0.1) is 0 Å². The van der Waals surface area contributed by atoms with Crippen LogP contribution in [0.25, 0.3) is 0 Å². The Hall–Kier alpha value is -2.62. The number of aromatic nitrogens is 4. The smallest absolute Gasteiger partial charge is 0.394 e. The number of phosphoric acid groups is 2. The van der Waals surface area contributed by atoms with Crippen molar-refractivity contribution < 1.29 is 62.2 Å². The highest BCUT2D eigenvalue weighted by atomic mass is 31.2. The van der Waals surface area contributed by atoms with Crippen LogP contribution in [-0.4, -0.2) is 98.9 Å². The molecule has 0 bridgehead atoms. The van der Waals surface area contributed by atoms with Crippen LogP contribution in [0.4, 0.5) is 11.6 Å². The number of ether oxygens (including phenoxy) is 2. The fourth-order valence-corrected chi connectivity index (χ4v) is 5.68. The molecule has 228 valence electrons. The van der Waals surface area contributed by atoms with Gasteiger partial charge in [0.15, 0.2) is 12.5 Å². The number of nitrogens with two attached hydrogens (primary N) is 2. The zero-order chi connectivity index (χ0) is 30.3. The molecule has 21 nitrogen and oxygen atoms in total. The number of nitrogen functional groups attached to an aromatic ring is 2. The molecule has 0 amide bonds. The average Bonchev–Trinajstić information content (AvgIpc) is 3.33. The lowest BCUT2D eigenvalue weighted by molar-refractivity contribution is -0.0610. The first kappa shape index (κ1) is 31.3. The maximum Gasteiger partial charge on any atom is 0.472 e. The molecule has 4 heterocycles. The first-order chi connectivity index (χ1) is 19.1. The first-order valence-electron chi connectivity index (χ1n) is 11.5. The van der Waals surface area contributed by atoms with Crippen LogP contribution in [0.3, 0.4) is 0 Å². The third-order valence-corrected chi connectivity index (χ3v) is 7.47. The van der Waals surface area contributed by atoms with E-state index in [1.807, 2.05) is 0 Å². The van der Waals surface area contributed by atoms with E-state index in [1.54, 1.807) is 0 Å². The van der Waals surface area contributed by atoms with Crippen molar-refractivity contribution in [2.75, 3.05) is 24.7 Å². The lowest BCUT2D eigenvalue weighted by Gasteiger charge is -2.23. The molecule has 2 aromatic rings. The highest BCUT2D eigenvalue weighted by molar-refractivity contribution is 7.47. The van der Waals surface area contributed by atoms with Crippen molar-refractivity contribution in [3.8, 4) is 0 Å². The molecule has 2 aliphatic heterocycles. The number of aliphatic hydroxyl groups excluding tert-OH is 3. The van der Waals surface area contributed by atoms with Gasteiger partial charge in [0.25, 0.3) is 0 Å². The second-order valence-corrected chi connectivity index (χ2v) is 11.4. The highest BCUT2D eigenvalue weighted by Crippen LogP contribution is 2.50. The van der Waals surface area contributed by atoms with Crippen molar-refractivity contribution >= 4 is 27.3 Å². The molecular weight excluding hydrogens is 602 g/mol. The molecule has 0 spiro atoms. The summed E-state index contributed by atoms with van der Waals surface area (Å²) >= 11 is 0. The largest absolute Gasteiger partial charge is 0.472 e. The highest BCUT2D eigenvalue weighted by Gasteiger charge is 2.51. The Labute approximate surface area is 228 Å². The molecule has 41 heavy (non-hydrogen) atoms. The topological polar surface area (TPSA) is 323 Å². The number of aliphatic hydroxyl groups is 3. The van der Waals surface area contributed by atoms with Crippen LogP contribution >= 0.6 is 15.6 Å². The summed E-state index contributed by atoms with van der Waals surface area (Å²) in [6, 6.07) is 2.37. The average molecular weight is 628 g/mol. The first-order valence-corrected chi connectivity index (χ1v) is 14.5. The maximum atomic E-state index is 12.7. The van der Waals surface area contributed by atoms with Gasteiger partial charge in [-0.2, -0.15) is 9.97 Å². The molecule has 4 rings (SSSR count). The molecule has 2 saturated heterocycles. The minimum absolute atomic E-state index is 0.122. The fraction of sp³-hybridized carbons (Fsp3) is 0.556. The molecule has 0 aliphatic carbocycles. The SMILES string of the molecule is Nc1ccn([C@@H]2O[C@H](CO)[C@@H](OP(=O)(O)OC[C@H]3O[C@@H](n4ccc(N)nc4=O)[C@H](OP(=O)(O)O)[C@@H]3O)[C@H]2O)c(=O)n1. The summed E-state index contributed by atoms with van der Waals surface area (Å²) in [5.74, 6) is -0.308. The normalized spacial score (nSPS) is 31.8. The molecule has 1 unspecified atom stereocenters. The van der Waals surface area contributed by atoms with Gasteiger partial charge >= 0.3 is 27.0 Å². The number of hydrogen-bond donors (Lipinski definition) is 8. The number of nitrogens with zero attached hydrogens (tertiary/aromatic N) is 4. The predicted octanol–water partition coefficient (Wildman–Crippen LogP) is -3.85. The third kappa shape index (κ3) is 7.07. The van der Waals surface area contributed by atoms with Gasteiger partial charge in [0.05, 0.1) is 13.2 Å². The van der Waals surface area contributed by atoms with Gasteiger partial charge in [-0.15, -0.1) is 0 Å². The van der Waals surface area contributed by atoms with E-state index in [0.717, 1.165) is 23.0 Å². The Balaban J connectivity index is 1.48. The van der Waals surface area contributed by atoms with Gasteiger partial charge in [-0.05, 0) is 12.1 Å². The van der Waals surface area contributed by atoms with E-state index >= 15 is 0 Å². The maximum absolute atomic E-state index is 12.7. The van der Waals surface area contributed by atoms with Crippen LogP contribution < -0.4 is 22.8 Å². The third-order valence-electron chi connectivity index (χ3n) is 5.97. The summed E-state index contributed by atoms with van der Waals surface area (Å²) in [6.07, 6.45) is -11.4. The fourth-order valence-electron chi connectivity index (χ4n) is 4.17. The molecule has 10 N–H and O–H groups in total. The summed E-state index contributed by atoms with van der Waals surface area (Å²) in [6.45, 7) is -1.80. The van der Waals surface area contributed by atoms with Gasteiger partial charge in [0, 0.05) is 12.4 Å². The molecule has 2 fully saturated rings. The Morgan fingerprint density at radius 1 is 0.854 bits per heavy atom. The molecular formula is C18H26N6O15P2. The van der Waals surface area contributed by atoms with E-state index in [9.17, 15) is 48.7 Å². The van der Waals surface area contributed by atoms with Crippen LogP contribution in [0.5, 0.6) is 0 Å². The zero-order valence-electron chi connectivity index (χ0n) is 20.5. The molecule has 9 atom stereocenters. The van der Waals surface area contributed by atoms with Crippen LogP contribution in [-0.2, 0) is 32.2 Å². The molecule has 0 saturated carbocycles. The lowest BCUT2D eigenvalue weighted by atomic mass is 10.1. The molecule has 23 heteroatoms. The minimum Gasteiger partial charge on any atom is -0.394 e. The van der Waals surface area contributed by atoms with Crippen molar-refractivity contribution in [3.05, 3.63) is 45.5 Å². The van der Waals surface area contributed by atoms with Crippen molar-refractivity contribution in [2.45, 2.75) is 49.1 Å². The van der Waals surface area contributed by atoms with Gasteiger partial charge in [-0.1, -0.05) is 0 Å². The quantitative estimate of drug-likeness (QED) is 0.117. The summed E-state index contributed by atoms with van der Waals surface area (Å²) in [5.41, 5.74) is 8.90. The summed E-state index contributed by atoms with van der Waals surface area (Å²) < 4.78 is 51.0. The van der Waals surface area contributed by atoms with Crippen molar-refractivity contribution in [1.29, 1.82) is 0 Å². The van der Waals surface area contributed by atoms with E-state index in [0.29, 0.717) is 4.57 Å². The Morgan fingerprint density at radius 3 is 1.90 bits per heavy atom. The molecule has 0 radical (unpaired) electrons. The molecule has 2 aromatic heterocycles. The number of phosphoric ester groups is 2. The van der Waals surface area contributed by atoms with E-state index in [-0.39, 0.29) is 11.6 Å². The van der Waals surface area contributed by atoms with Gasteiger partial charge in [-0.3, -0.25) is 22.7 Å². The van der Waals surface area contributed by atoms with Crippen molar-refractivity contribution in [3.63, 3.8) is 0 Å². The number of hydrogen-bond acceptors (Lipinski definition) is 16. The predicted molar refractivity (Wildman–Crippen MR) is 130 cm³/mol. The Kier molecular flexibility index (Phi) is 9.12. The second kappa shape index (κ2) is 11.9. The summed E-state index contributed by atoms with van der Waals surface area (Å²) in [5, 5.41) is 30.9. The van der Waals surface area contributed by atoms with E-state index in [1.165, 1.54) is 6.07 Å². The molecule has 0 aromatic carbocycles. The minimum atomic E-state index is -5.26. The molecule has 2 aliphatic rings. The Bertz CT molecular complexity index is 1470. The second-order valence-electron chi connectivity index (χ2n) is 8.77.